The minimum absolute atomic E-state index is 0.181. The second-order valence-corrected chi connectivity index (χ2v) is 8.84. The van der Waals surface area contributed by atoms with Crippen molar-refractivity contribution in [3.8, 4) is 0 Å². The molecule has 0 bridgehead atoms. The highest BCUT2D eigenvalue weighted by atomic mass is 32.1. The van der Waals surface area contributed by atoms with E-state index in [9.17, 15) is 4.79 Å². The van der Waals surface area contributed by atoms with Crippen LogP contribution in [0.1, 0.15) is 46.2 Å². The Labute approximate surface area is 175 Å². The number of rotatable bonds is 4. The SMILES string of the molecule is O=C(c1ccsc1)N1CCC(c2ccc(N3CC(c4cccnc4)C3)cc2)CC1. The molecule has 2 aromatic heterocycles. The Morgan fingerprint density at radius 1 is 0.966 bits per heavy atom. The maximum Gasteiger partial charge on any atom is 0.254 e. The first-order valence-electron chi connectivity index (χ1n) is 10.3. The number of nitrogens with zero attached hydrogens (tertiary/aromatic N) is 3. The number of aromatic nitrogens is 1. The van der Waals surface area contributed by atoms with Gasteiger partial charge in [-0.15, -0.1) is 0 Å². The fourth-order valence-electron chi connectivity index (χ4n) is 4.46. The number of thiophene rings is 1. The molecule has 1 aromatic carbocycles. The van der Waals surface area contributed by atoms with Gasteiger partial charge in [-0.05, 0) is 59.5 Å². The Morgan fingerprint density at radius 3 is 2.41 bits per heavy atom. The molecule has 2 fully saturated rings. The summed E-state index contributed by atoms with van der Waals surface area (Å²) in [4.78, 5) is 21.2. The van der Waals surface area contributed by atoms with Crippen LogP contribution in [0.15, 0.2) is 65.6 Å². The topological polar surface area (TPSA) is 36.4 Å². The Balaban J connectivity index is 1.15. The van der Waals surface area contributed by atoms with Crippen molar-refractivity contribution in [1.82, 2.24) is 9.88 Å². The van der Waals surface area contributed by atoms with E-state index in [0.29, 0.717) is 11.8 Å². The summed E-state index contributed by atoms with van der Waals surface area (Å²) < 4.78 is 0. The minimum atomic E-state index is 0.181. The fourth-order valence-corrected chi connectivity index (χ4v) is 5.09. The largest absolute Gasteiger partial charge is 0.370 e. The smallest absolute Gasteiger partial charge is 0.254 e. The van der Waals surface area contributed by atoms with E-state index in [0.717, 1.165) is 44.6 Å². The molecule has 4 nitrogen and oxygen atoms in total. The van der Waals surface area contributed by atoms with Crippen LogP contribution < -0.4 is 4.90 Å². The van der Waals surface area contributed by atoms with Crippen molar-refractivity contribution < 1.29 is 4.79 Å². The van der Waals surface area contributed by atoms with Crippen molar-refractivity contribution in [3.05, 3.63) is 82.3 Å². The van der Waals surface area contributed by atoms with Crippen LogP contribution in [0, 0.1) is 0 Å². The van der Waals surface area contributed by atoms with Crippen LogP contribution in [-0.4, -0.2) is 42.0 Å². The molecule has 0 unspecified atom stereocenters. The van der Waals surface area contributed by atoms with Crippen LogP contribution in [0.3, 0.4) is 0 Å². The van der Waals surface area contributed by atoms with Gasteiger partial charge in [0.1, 0.15) is 0 Å². The van der Waals surface area contributed by atoms with E-state index in [2.05, 4.69) is 40.2 Å². The number of hydrogen-bond acceptors (Lipinski definition) is 4. The van der Waals surface area contributed by atoms with Crippen molar-refractivity contribution in [1.29, 1.82) is 0 Å². The maximum atomic E-state index is 12.5. The molecule has 4 heterocycles. The van der Waals surface area contributed by atoms with Gasteiger partial charge in [-0.2, -0.15) is 11.3 Å². The van der Waals surface area contributed by atoms with E-state index in [1.165, 1.54) is 16.8 Å². The first kappa shape index (κ1) is 18.4. The molecule has 0 saturated carbocycles. The zero-order valence-corrected chi connectivity index (χ0v) is 17.2. The molecular formula is C24H25N3OS. The molecule has 0 radical (unpaired) electrons. The van der Waals surface area contributed by atoms with Crippen molar-refractivity contribution in [2.24, 2.45) is 0 Å². The molecule has 1 amide bonds. The average Bonchev–Trinajstić information content (AvgIpc) is 3.29. The number of hydrogen-bond donors (Lipinski definition) is 0. The van der Waals surface area contributed by atoms with Gasteiger partial charge in [0.2, 0.25) is 0 Å². The standard InChI is InChI=1S/C24H25N3OS/c28-24(21-9-13-29-17-21)26-11-7-19(8-12-26)18-3-5-23(6-4-18)27-15-22(16-27)20-2-1-10-25-14-20/h1-6,9-10,13-14,17,19,22H,7-8,11-12,15-16H2. The van der Waals surface area contributed by atoms with Crippen molar-refractivity contribution in [2.45, 2.75) is 24.7 Å². The highest BCUT2D eigenvalue weighted by molar-refractivity contribution is 7.08. The summed E-state index contributed by atoms with van der Waals surface area (Å²) >= 11 is 1.58. The van der Waals surface area contributed by atoms with Crippen LogP contribution in [0.4, 0.5) is 5.69 Å². The average molecular weight is 404 g/mol. The number of likely N-dealkylation sites (tertiary alicyclic amines) is 1. The Morgan fingerprint density at radius 2 is 1.76 bits per heavy atom. The number of anilines is 1. The maximum absolute atomic E-state index is 12.5. The van der Waals surface area contributed by atoms with E-state index < -0.39 is 0 Å². The first-order chi connectivity index (χ1) is 14.3. The van der Waals surface area contributed by atoms with Gasteiger partial charge in [0.15, 0.2) is 0 Å². The Hall–Kier alpha value is -2.66. The van der Waals surface area contributed by atoms with Gasteiger partial charge in [-0.3, -0.25) is 9.78 Å². The molecule has 2 aliphatic heterocycles. The summed E-state index contributed by atoms with van der Waals surface area (Å²) in [7, 11) is 0. The predicted octanol–water partition coefficient (Wildman–Crippen LogP) is 4.77. The molecule has 148 valence electrons. The van der Waals surface area contributed by atoms with E-state index in [-0.39, 0.29) is 5.91 Å². The van der Waals surface area contributed by atoms with Crippen LogP contribution in [0.5, 0.6) is 0 Å². The number of carbonyl (C=O) groups is 1. The number of piperidine rings is 1. The summed E-state index contributed by atoms with van der Waals surface area (Å²) in [5, 5.41) is 3.92. The molecule has 3 aromatic rings. The van der Waals surface area contributed by atoms with Crippen LogP contribution >= 0.6 is 11.3 Å². The summed E-state index contributed by atoms with van der Waals surface area (Å²) in [6.45, 7) is 3.82. The second-order valence-electron chi connectivity index (χ2n) is 8.06. The molecule has 5 rings (SSSR count). The lowest BCUT2D eigenvalue weighted by molar-refractivity contribution is 0.0713. The number of carbonyl (C=O) groups excluding carboxylic acids is 1. The molecule has 0 spiro atoms. The molecule has 0 aliphatic carbocycles. The van der Waals surface area contributed by atoms with Gasteiger partial charge >= 0.3 is 0 Å². The Kier molecular flexibility index (Phi) is 5.06. The van der Waals surface area contributed by atoms with Gasteiger partial charge in [-0.1, -0.05) is 18.2 Å². The zero-order chi connectivity index (χ0) is 19.6. The molecule has 29 heavy (non-hydrogen) atoms. The summed E-state index contributed by atoms with van der Waals surface area (Å²) in [5.74, 6) is 1.32. The molecular weight excluding hydrogens is 378 g/mol. The minimum Gasteiger partial charge on any atom is -0.370 e. The van der Waals surface area contributed by atoms with E-state index in [4.69, 9.17) is 0 Å². The van der Waals surface area contributed by atoms with Gasteiger partial charge in [0.25, 0.3) is 5.91 Å². The molecule has 0 N–H and O–H groups in total. The van der Waals surface area contributed by atoms with Gasteiger partial charge in [-0.25, -0.2) is 0 Å². The molecule has 2 aliphatic rings. The lowest BCUT2D eigenvalue weighted by atomic mass is 9.88. The summed E-state index contributed by atoms with van der Waals surface area (Å²) in [6.07, 6.45) is 5.91. The number of benzene rings is 1. The van der Waals surface area contributed by atoms with E-state index >= 15 is 0 Å². The van der Waals surface area contributed by atoms with Gasteiger partial charge in [0.05, 0.1) is 5.56 Å². The van der Waals surface area contributed by atoms with Crippen LogP contribution in [0.2, 0.25) is 0 Å². The van der Waals surface area contributed by atoms with Gasteiger partial charge < -0.3 is 9.80 Å². The normalized spacial score (nSPS) is 17.9. The highest BCUT2D eigenvalue weighted by Gasteiger charge is 2.29. The second kappa shape index (κ2) is 7.99. The van der Waals surface area contributed by atoms with E-state index in [1.54, 1.807) is 11.3 Å². The quantitative estimate of drug-likeness (QED) is 0.630. The lowest BCUT2D eigenvalue weighted by Gasteiger charge is -2.41. The monoisotopic (exact) mass is 403 g/mol. The highest BCUT2D eigenvalue weighted by Crippen LogP contribution is 2.34. The Bertz CT molecular complexity index is 942. The lowest BCUT2D eigenvalue weighted by Crippen LogP contribution is -2.45. The third-order valence-corrected chi connectivity index (χ3v) is 7.00. The van der Waals surface area contributed by atoms with Crippen LogP contribution in [-0.2, 0) is 0 Å². The third kappa shape index (κ3) is 3.79. The summed E-state index contributed by atoms with van der Waals surface area (Å²) in [5.41, 5.74) is 4.88. The molecule has 0 atom stereocenters. The van der Waals surface area contributed by atoms with Crippen molar-refractivity contribution in [2.75, 3.05) is 31.1 Å². The van der Waals surface area contributed by atoms with E-state index in [1.807, 2.05) is 40.2 Å². The van der Waals surface area contributed by atoms with Crippen molar-refractivity contribution in [3.63, 3.8) is 0 Å². The number of amides is 1. The fraction of sp³-hybridized carbons (Fsp3) is 0.333. The summed E-state index contributed by atoms with van der Waals surface area (Å²) in [6, 6.07) is 15.2. The van der Waals surface area contributed by atoms with Crippen LogP contribution in [0.25, 0.3) is 0 Å². The number of pyridine rings is 1. The first-order valence-corrected chi connectivity index (χ1v) is 11.3. The zero-order valence-electron chi connectivity index (χ0n) is 16.4. The van der Waals surface area contributed by atoms with Crippen molar-refractivity contribution >= 4 is 22.9 Å². The third-order valence-electron chi connectivity index (χ3n) is 6.32. The van der Waals surface area contributed by atoms with Gasteiger partial charge in [0, 0.05) is 55.6 Å². The predicted molar refractivity (Wildman–Crippen MR) is 118 cm³/mol. The molecule has 5 heteroatoms. The molecule has 2 saturated heterocycles.